The molecule has 5 amide bonds. The van der Waals surface area contributed by atoms with Crippen LogP contribution in [0.5, 0.6) is 0 Å². The van der Waals surface area contributed by atoms with E-state index in [1.807, 2.05) is 0 Å². The summed E-state index contributed by atoms with van der Waals surface area (Å²) in [6, 6.07) is -6.58. The topological polar surface area (TPSA) is 407 Å². The number of nitrogens with one attached hydrogen (secondary N) is 6. The van der Waals surface area contributed by atoms with Crippen LogP contribution in [-0.2, 0) is 52.7 Å². The molecule has 0 bridgehead atoms. The zero-order chi connectivity index (χ0) is 49.2. The quantitative estimate of drug-likeness (QED) is 0.0228. The van der Waals surface area contributed by atoms with Crippen molar-refractivity contribution in [2.24, 2.45) is 5.84 Å². The fourth-order valence-corrected chi connectivity index (χ4v) is 6.48. The molecule has 370 valence electrons. The van der Waals surface area contributed by atoms with Gasteiger partial charge < -0.3 is 57.2 Å². The van der Waals surface area contributed by atoms with Gasteiger partial charge in [-0.3, -0.25) is 44.2 Å². The third kappa shape index (κ3) is 32.4. The molecule has 65 heavy (non-hydrogen) atoms. The number of nitrogens with two attached hydrogens (primary N) is 1. The molecule has 0 fully saturated rings. The number of hydrogen-bond acceptors (Lipinski definition) is 13. The average molecular weight is 932 g/mol. The number of carboxylic acid groups (broad SMARTS) is 6. The van der Waals surface area contributed by atoms with E-state index in [2.05, 4.69) is 32.0 Å². The molecule has 0 saturated heterocycles. The van der Waals surface area contributed by atoms with Crippen molar-refractivity contribution in [3.63, 3.8) is 0 Å². The van der Waals surface area contributed by atoms with Crippen LogP contribution in [0.3, 0.4) is 0 Å². The van der Waals surface area contributed by atoms with Gasteiger partial charge in [-0.2, -0.15) is 0 Å². The first kappa shape index (κ1) is 59.1. The Hall–Kier alpha value is -5.91. The van der Waals surface area contributed by atoms with Crippen LogP contribution >= 0.6 is 0 Å². The van der Waals surface area contributed by atoms with Crippen LogP contribution < -0.4 is 37.9 Å². The number of hydrazine groups is 1. The van der Waals surface area contributed by atoms with Crippen molar-refractivity contribution >= 4 is 65.4 Å². The van der Waals surface area contributed by atoms with Gasteiger partial charge in [-0.1, -0.05) is 51.4 Å². The van der Waals surface area contributed by atoms with Gasteiger partial charge in [0.05, 0.1) is 6.42 Å². The van der Waals surface area contributed by atoms with Crippen LogP contribution in [0.25, 0.3) is 0 Å². The summed E-state index contributed by atoms with van der Waals surface area (Å²) in [5.74, 6) is -5.98. The Morgan fingerprint density at radius 3 is 1.12 bits per heavy atom. The van der Waals surface area contributed by atoms with Crippen molar-refractivity contribution in [2.75, 3.05) is 6.54 Å². The van der Waals surface area contributed by atoms with Gasteiger partial charge in [0.15, 0.2) is 0 Å². The molecule has 5 atom stereocenters. The van der Waals surface area contributed by atoms with E-state index in [4.69, 9.17) is 16.1 Å². The Kier molecular flexibility index (Phi) is 32.2. The van der Waals surface area contributed by atoms with Crippen molar-refractivity contribution < 1.29 is 83.4 Å². The smallest absolute Gasteiger partial charge is 0.326 e. The number of carbonyl (C=O) groups excluding carboxylic acids is 5. The van der Waals surface area contributed by atoms with Crippen molar-refractivity contribution in [3.05, 3.63) is 0 Å². The standard InChI is InChI=1S/C41H69N7O17/c42-48-30(41(64)65)13-11-12-24-43-31(49)21-17-27(38(58)59)46-34(52)20-16-26(25-37(56)57)44-33(51)22-18-29(40(62)63)47-35(53)23-19-28(39(60)61)45-32(50)14-9-7-5-3-1-2-4-6-8-10-15-36(54)55/h26-30,48H,1-25,42H2,(H,43,49)(H,44,51)(H,45,50)(H,46,52)(H,47,53)(H,54,55)(H,56,57)(H,58,59)(H,60,61)(H,62,63)(H,64,65)/t26-,27-,28-,29-,30-/m0/s1. The van der Waals surface area contributed by atoms with E-state index in [9.17, 15) is 73.2 Å². The molecule has 0 unspecified atom stereocenters. The first-order chi connectivity index (χ1) is 30.7. The van der Waals surface area contributed by atoms with E-state index in [0.717, 1.165) is 51.4 Å². The minimum absolute atomic E-state index is 0.0779. The van der Waals surface area contributed by atoms with Crippen molar-refractivity contribution in [1.29, 1.82) is 0 Å². The summed E-state index contributed by atoms with van der Waals surface area (Å²) in [4.78, 5) is 131. The van der Waals surface area contributed by atoms with Gasteiger partial charge in [0.1, 0.15) is 24.2 Å². The summed E-state index contributed by atoms with van der Waals surface area (Å²) >= 11 is 0. The van der Waals surface area contributed by atoms with E-state index in [1.165, 1.54) is 0 Å². The monoisotopic (exact) mass is 931 g/mol. The number of carbonyl (C=O) groups is 11. The number of aliphatic carboxylic acids is 6. The van der Waals surface area contributed by atoms with Crippen LogP contribution in [0.4, 0.5) is 0 Å². The van der Waals surface area contributed by atoms with E-state index >= 15 is 0 Å². The summed E-state index contributed by atoms with van der Waals surface area (Å²) in [7, 11) is 0. The molecule has 0 heterocycles. The molecule has 0 aromatic heterocycles. The predicted octanol–water partition coefficient (Wildman–Crippen LogP) is 0.744. The summed E-state index contributed by atoms with van der Waals surface area (Å²) in [5, 5.41) is 67.5. The van der Waals surface area contributed by atoms with E-state index in [-0.39, 0.29) is 51.5 Å². The second-order valence-corrected chi connectivity index (χ2v) is 15.7. The fourth-order valence-electron chi connectivity index (χ4n) is 6.48. The van der Waals surface area contributed by atoms with Gasteiger partial charge in [0.25, 0.3) is 0 Å². The highest BCUT2D eigenvalue weighted by Crippen LogP contribution is 2.13. The lowest BCUT2D eigenvalue weighted by atomic mass is 10.0. The van der Waals surface area contributed by atoms with Crippen LogP contribution in [0.1, 0.15) is 154 Å². The highest BCUT2D eigenvalue weighted by Gasteiger charge is 2.26. The van der Waals surface area contributed by atoms with Crippen LogP contribution in [0.2, 0.25) is 0 Å². The highest BCUT2D eigenvalue weighted by atomic mass is 16.4. The summed E-state index contributed by atoms with van der Waals surface area (Å²) < 4.78 is 0. The second-order valence-electron chi connectivity index (χ2n) is 15.7. The molecule has 24 nitrogen and oxygen atoms in total. The lowest BCUT2D eigenvalue weighted by Crippen LogP contribution is -2.45. The largest absolute Gasteiger partial charge is 0.481 e. The highest BCUT2D eigenvalue weighted by molar-refractivity contribution is 5.87. The summed E-state index contributed by atoms with van der Waals surface area (Å²) in [6.07, 6.45) is 6.42. The SMILES string of the molecule is NN[C@@H](CCCCNC(=O)CC[C@H](NC(=O)CC[C@@H](CC(=O)O)NC(=O)CC[C@H](NC(=O)CC[C@H](NC(=O)CCCCCCCCCCCCC(=O)O)C(=O)O)C(=O)O)C(=O)O)C(=O)O. The first-order valence-corrected chi connectivity index (χ1v) is 22.0. The second kappa shape index (κ2) is 35.4. The lowest BCUT2D eigenvalue weighted by Gasteiger charge is -2.19. The normalized spacial score (nSPS) is 13.2. The minimum atomic E-state index is -1.60. The zero-order valence-corrected chi connectivity index (χ0v) is 36.8. The van der Waals surface area contributed by atoms with Gasteiger partial charge >= 0.3 is 35.8 Å². The molecule has 0 aromatic rings. The minimum Gasteiger partial charge on any atom is -0.481 e. The lowest BCUT2D eigenvalue weighted by molar-refractivity contribution is -0.143. The predicted molar refractivity (Wildman–Crippen MR) is 228 cm³/mol. The molecule has 14 N–H and O–H groups in total. The molecule has 0 spiro atoms. The first-order valence-electron chi connectivity index (χ1n) is 22.0. The molecule has 0 aliphatic rings. The summed E-state index contributed by atoms with van der Waals surface area (Å²) in [5.41, 5.74) is 2.15. The Balaban J connectivity index is 4.76. The fraction of sp³-hybridized carbons (Fsp3) is 0.732. The molecule has 0 rings (SSSR count). The van der Waals surface area contributed by atoms with E-state index in [0.29, 0.717) is 25.7 Å². The zero-order valence-electron chi connectivity index (χ0n) is 36.8. The average Bonchev–Trinajstić information content (AvgIpc) is 3.22. The number of amides is 5. The Labute approximate surface area is 376 Å². The summed E-state index contributed by atoms with van der Waals surface area (Å²) in [6.45, 7) is 0.186. The maximum atomic E-state index is 12.7. The van der Waals surface area contributed by atoms with Gasteiger partial charge in [0.2, 0.25) is 29.5 Å². The van der Waals surface area contributed by atoms with Crippen LogP contribution in [0.15, 0.2) is 0 Å². The van der Waals surface area contributed by atoms with Crippen molar-refractivity contribution in [1.82, 2.24) is 32.0 Å². The Morgan fingerprint density at radius 1 is 0.354 bits per heavy atom. The van der Waals surface area contributed by atoms with Crippen molar-refractivity contribution in [3.8, 4) is 0 Å². The molecular formula is C41H69N7O17. The number of unbranched alkanes of at least 4 members (excludes halogenated alkanes) is 10. The molecule has 0 aliphatic heterocycles. The van der Waals surface area contributed by atoms with Gasteiger partial charge in [-0.05, 0) is 57.8 Å². The van der Waals surface area contributed by atoms with Gasteiger partial charge in [-0.15, -0.1) is 0 Å². The number of rotatable bonds is 41. The maximum absolute atomic E-state index is 12.7. The molecular weight excluding hydrogens is 862 g/mol. The van der Waals surface area contributed by atoms with Crippen molar-refractivity contribution in [2.45, 2.75) is 184 Å². The number of hydrogen-bond donors (Lipinski definition) is 13. The van der Waals surface area contributed by atoms with E-state index < -0.39 is 128 Å². The molecule has 24 heteroatoms. The third-order valence-electron chi connectivity index (χ3n) is 10.2. The van der Waals surface area contributed by atoms with Gasteiger partial charge in [0, 0.05) is 51.1 Å². The molecule has 0 aromatic carbocycles. The Bertz CT molecular complexity index is 1560. The molecule has 0 aliphatic carbocycles. The molecule has 0 saturated carbocycles. The maximum Gasteiger partial charge on any atom is 0.326 e. The Morgan fingerprint density at radius 2 is 0.723 bits per heavy atom. The van der Waals surface area contributed by atoms with Gasteiger partial charge in [-0.25, -0.2) is 19.8 Å². The van der Waals surface area contributed by atoms with Crippen LogP contribution in [0, 0.1) is 0 Å². The molecule has 0 radical (unpaired) electrons. The third-order valence-corrected chi connectivity index (χ3v) is 10.2. The van der Waals surface area contributed by atoms with E-state index in [1.54, 1.807) is 0 Å². The number of carboxylic acids is 6. The van der Waals surface area contributed by atoms with Crippen LogP contribution in [-0.4, -0.2) is 133 Å².